The summed E-state index contributed by atoms with van der Waals surface area (Å²) in [4.78, 5) is 0. The van der Waals surface area contributed by atoms with Gasteiger partial charge >= 0.3 is 0 Å². The van der Waals surface area contributed by atoms with Crippen LogP contribution in [0, 0.1) is 5.92 Å². The van der Waals surface area contributed by atoms with Crippen molar-refractivity contribution in [1.82, 2.24) is 0 Å². The molecule has 0 aromatic heterocycles. The third kappa shape index (κ3) is 1.21. The van der Waals surface area contributed by atoms with Crippen molar-refractivity contribution in [2.24, 2.45) is 5.92 Å². The van der Waals surface area contributed by atoms with Gasteiger partial charge < -0.3 is 10.1 Å². The summed E-state index contributed by atoms with van der Waals surface area (Å²) in [6.07, 6.45) is 1.03. The molecule has 4 atom stereocenters. The summed E-state index contributed by atoms with van der Waals surface area (Å²) in [7, 11) is 5.76. The molecule has 0 aromatic rings. The number of hydrogen-bond acceptors (Lipinski definition) is 1. The van der Waals surface area contributed by atoms with Crippen LogP contribution in [0.15, 0.2) is 0 Å². The van der Waals surface area contributed by atoms with Gasteiger partial charge in [0.25, 0.3) is 0 Å². The normalized spacial score (nSPS) is 50.7. The molecule has 2 nitrogen and oxygen atoms in total. The van der Waals surface area contributed by atoms with Gasteiger partial charge in [0.2, 0.25) is 0 Å². The molecule has 2 heterocycles. The molecule has 2 saturated heterocycles. The van der Waals surface area contributed by atoms with Crippen LogP contribution in [0.4, 0.5) is 0 Å². The zero-order chi connectivity index (χ0) is 8.06. The Morgan fingerprint density at radius 1 is 1.67 bits per heavy atom. The summed E-state index contributed by atoms with van der Waals surface area (Å²) in [6, 6.07) is 0.119. The molecular formula is C8H13BNORe-. The van der Waals surface area contributed by atoms with Gasteiger partial charge in [-0.15, -0.1) is 12.6 Å². The van der Waals surface area contributed by atoms with Crippen molar-refractivity contribution in [3.63, 3.8) is 0 Å². The molecule has 0 spiro atoms. The molecule has 0 N–H and O–H groups in total. The molecular weight excluding hydrogens is 323 g/mol. The fourth-order valence-corrected chi connectivity index (χ4v) is 2.26. The third-order valence-corrected chi connectivity index (χ3v) is 3.22. The molecule has 1 unspecified atom stereocenters. The average Bonchev–Trinajstić information content (AvgIpc) is 2.42. The molecule has 2 rings (SSSR count). The molecule has 4 heteroatoms. The fourth-order valence-electron chi connectivity index (χ4n) is 2.26. The smallest absolute Gasteiger partial charge is 0.106 e. The first-order valence-corrected chi connectivity index (χ1v) is 4.29. The van der Waals surface area contributed by atoms with Crippen molar-refractivity contribution < 1.29 is 25.2 Å². The van der Waals surface area contributed by atoms with Crippen LogP contribution >= 0.6 is 0 Å². The summed E-state index contributed by atoms with van der Waals surface area (Å²) >= 11 is 0. The van der Waals surface area contributed by atoms with Gasteiger partial charge in [0.1, 0.15) is 7.85 Å². The van der Waals surface area contributed by atoms with Crippen LogP contribution in [0.1, 0.15) is 20.3 Å². The maximum absolute atomic E-state index is 5.76. The topological polar surface area (TPSA) is 23.3 Å². The predicted octanol–water partition coefficient (Wildman–Crippen LogP) is 1.05. The Balaban J connectivity index is 0.000000720. The first-order valence-electron chi connectivity index (χ1n) is 4.29. The number of fused-ring (bicyclic) bond motifs is 2. The van der Waals surface area contributed by atoms with Crippen molar-refractivity contribution in [1.29, 1.82) is 0 Å². The Kier molecular flexibility index (Phi) is 3.06. The molecule has 2 bridgehead atoms. The SMILES string of the molecule is [B][C@@H]1O[C@@]2(CC)C[N-]C1[C@H]2C.[Re]. The van der Waals surface area contributed by atoms with E-state index in [-0.39, 0.29) is 38.1 Å². The number of rotatable bonds is 1. The van der Waals surface area contributed by atoms with Crippen molar-refractivity contribution in [3.05, 3.63) is 5.32 Å². The minimum atomic E-state index is -0.140. The van der Waals surface area contributed by atoms with Gasteiger partial charge in [-0.05, 0) is 12.3 Å². The van der Waals surface area contributed by atoms with Gasteiger partial charge in [0, 0.05) is 32.0 Å². The van der Waals surface area contributed by atoms with E-state index in [4.69, 9.17) is 12.6 Å². The van der Waals surface area contributed by atoms with Gasteiger partial charge in [-0.2, -0.15) is 0 Å². The average molecular weight is 336 g/mol. The van der Waals surface area contributed by atoms with Crippen LogP contribution in [0.25, 0.3) is 5.32 Å². The Hall–Kier alpha value is 0.647. The monoisotopic (exact) mass is 337 g/mol. The largest absolute Gasteiger partial charge is 0.655 e. The van der Waals surface area contributed by atoms with E-state index in [9.17, 15) is 0 Å². The first kappa shape index (κ1) is 10.7. The molecule has 3 radical (unpaired) electrons. The predicted molar refractivity (Wildman–Crippen MR) is 44.8 cm³/mol. The van der Waals surface area contributed by atoms with E-state index in [0.29, 0.717) is 5.92 Å². The van der Waals surface area contributed by atoms with E-state index in [1.807, 2.05) is 0 Å². The number of hydrogen-bond donors (Lipinski definition) is 0. The molecule has 2 fully saturated rings. The molecule has 0 aromatic carbocycles. The van der Waals surface area contributed by atoms with Crippen LogP contribution in [0.3, 0.4) is 0 Å². The van der Waals surface area contributed by atoms with Gasteiger partial charge in [0.05, 0.1) is 0 Å². The first-order chi connectivity index (χ1) is 5.19. The molecule has 12 heavy (non-hydrogen) atoms. The van der Waals surface area contributed by atoms with E-state index < -0.39 is 0 Å². The van der Waals surface area contributed by atoms with E-state index in [0.717, 1.165) is 13.0 Å². The van der Waals surface area contributed by atoms with Gasteiger partial charge in [-0.3, -0.25) is 0 Å². The van der Waals surface area contributed by atoms with E-state index in [1.54, 1.807) is 0 Å². The zero-order valence-electron chi connectivity index (χ0n) is 7.46. The third-order valence-electron chi connectivity index (χ3n) is 3.22. The second-order valence-electron chi connectivity index (χ2n) is 3.62. The fraction of sp³-hybridized carbons (Fsp3) is 1.00. The Morgan fingerprint density at radius 2 is 2.33 bits per heavy atom. The van der Waals surface area contributed by atoms with Crippen LogP contribution in [-0.4, -0.2) is 32.0 Å². The number of nitrogens with zero attached hydrogens (tertiary/aromatic N) is 1. The summed E-state index contributed by atoms with van der Waals surface area (Å²) in [5.74, 6) is 0.516. The van der Waals surface area contributed by atoms with Crippen molar-refractivity contribution in [2.45, 2.75) is 37.9 Å². The number of ether oxygens (including phenoxy) is 1. The van der Waals surface area contributed by atoms with Crippen molar-refractivity contribution >= 4 is 7.85 Å². The van der Waals surface area contributed by atoms with Crippen LogP contribution in [0.5, 0.6) is 0 Å². The Labute approximate surface area is 88.9 Å². The minimum Gasteiger partial charge on any atom is -0.655 e. The minimum absolute atomic E-state index is 0. The van der Waals surface area contributed by atoms with E-state index in [1.165, 1.54) is 0 Å². The van der Waals surface area contributed by atoms with Crippen LogP contribution < -0.4 is 0 Å². The number of morpholine rings is 1. The quantitative estimate of drug-likeness (QED) is 0.657. The summed E-state index contributed by atoms with van der Waals surface area (Å²) < 4.78 is 5.69. The van der Waals surface area contributed by atoms with Crippen LogP contribution in [-0.2, 0) is 25.2 Å². The van der Waals surface area contributed by atoms with E-state index >= 15 is 0 Å². The standard InChI is InChI=1S/C8H13BNO.Re/c1-3-8-4-10-6(5(8)2)7(9)11-8;/h5-7H,3-4H2,1-2H3;/q-1;/t5-,6?,7-,8+;/m1./s1. The second kappa shape index (κ2) is 3.42. The molecule has 67 valence electrons. The Morgan fingerprint density at radius 3 is 2.58 bits per heavy atom. The molecule has 2 aliphatic rings. The van der Waals surface area contributed by atoms with Crippen LogP contribution in [0.2, 0.25) is 0 Å². The summed E-state index contributed by atoms with van der Waals surface area (Å²) in [5, 5.41) is 4.46. The molecule has 2 aliphatic heterocycles. The van der Waals surface area contributed by atoms with Gasteiger partial charge in [-0.1, -0.05) is 13.8 Å². The maximum atomic E-state index is 5.76. The summed E-state index contributed by atoms with van der Waals surface area (Å²) in [6.45, 7) is 5.19. The van der Waals surface area contributed by atoms with Gasteiger partial charge in [0.15, 0.2) is 0 Å². The molecule has 0 aliphatic carbocycles. The second-order valence-corrected chi connectivity index (χ2v) is 3.62. The van der Waals surface area contributed by atoms with Gasteiger partial charge in [-0.25, -0.2) is 0 Å². The Bertz CT molecular complexity index is 180. The summed E-state index contributed by atoms with van der Waals surface area (Å²) in [5.41, 5.74) is -0.00984. The maximum Gasteiger partial charge on any atom is 0.106 e. The van der Waals surface area contributed by atoms with E-state index in [2.05, 4.69) is 19.2 Å². The molecule has 0 saturated carbocycles. The molecule has 0 amide bonds. The zero-order valence-corrected chi connectivity index (χ0v) is 10.2. The van der Waals surface area contributed by atoms with Crippen molar-refractivity contribution in [3.8, 4) is 0 Å². The van der Waals surface area contributed by atoms with Crippen molar-refractivity contribution in [2.75, 3.05) is 6.54 Å².